The van der Waals surface area contributed by atoms with Gasteiger partial charge in [0, 0.05) is 19.6 Å². The van der Waals surface area contributed by atoms with Gasteiger partial charge in [0.2, 0.25) is 11.1 Å². The van der Waals surface area contributed by atoms with E-state index in [0.29, 0.717) is 11.1 Å². The van der Waals surface area contributed by atoms with Crippen molar-refractivity contribution in [3.8, 4) is 0 Å². The molecule has 1 aliphatic heterocycles. The normalized spacial score (nSPS) is 15.9. The Morgan fingerprint density at radius 3 is 2.58 bits per heavy atom. The molecule has 1 amide bonds. The van der Waals surface area contributed by atoms with Gasteiger partial charge in [-0.3, -0.25) is 4.79 Å². The highest BCUT2D eigenvalue weighted by Gasteiger charge is 2.30. The van der Waals surface area contributed by atoms with Crippen molar-refractivity contribution >= 4 is 17.7 Å². The molecule has 6 nitrogen and oxygen atoms in total. The quantitative estimate of drug-likeness (QED) is 0.753. The number of thioether (sulfide) groups is 1. The Labute approximate surface area is 146 Å². The average molecular weight is 345 g/mol. The number of nitrogens with zero attached hydrogens (tertiary/aromatic N) is 5. The molecule has 1 unspecified atom stereocenters. The van der Waals surface area contributed by atoms with Crippen molar-refractivity contribution < 1.29 is 4.79 Å². The monoisotopic (exact) mass is 345 g/mol. The van der Waals surface area contributed by atoms with E-state index in [4.69, 9.17) is 0 Å². The Balaban J connectivity index is 1.85. The first-order chi connectivity index (χ1) is 11.6. The van der Waals surface area contributed by atoms with Gasteiger partial charge in [-0.05, 0) is 34.7 Å². The number of tetrazole rings is 1. The predicted molar refractivity (Wildman–Crippen MR) is 93.5 cm³/mol. The fourth-order valence-electron chi connectivity index (χ4n) is 2.84. The number of hydrogen-bond donors (Lipinski definition) is 0. The molecule has 0 bridgehead atoms. The van der Waals surface area contributed by atoms with E-state index in [1.165, 1.54) is 11.8 Å². The summed E-state index contributed by atoms with van der Waals surface area (Å²) in [5.41, 5.74) is 0.999. The molecule has 2 aromatic rings. The van der Waals surface area contributed by atoms with Crippen LogP contribution < -0.4 is 0 Å². The lowest BCUT2D eigenvalue weighted by atomic mass is 10.1. The zero-order chi connectivity index (χ0) is 16.9. The molecule has 0 saturated carbocycles. The summed E-state index contributed by atoms with van der Waals surface area (Å²) in [6, 6.07) is 9.91. The third-order valence-corrected chi connectivity index (χ3v) is 5.22. The minimum atomic E-state index is -0.304. The molecule has 2 heterocycles. The summed E-state index contributed by atoms with van der Waals surface area (Å²) < 4.78 is 1.79. The first-order valence-corrected chi connectivity index (χ1v) is 9.29. The van der Waals surface area contributed by atoms with Crippen molar-refractivity contribution in [2.75, 3.05) is 13.1 Å². The maximum absolute atomic E-state index is 13.0. The summed E-state index contributed by atoms with van der Waals surface area (Å²) in [6.45, 7) is 6.69. The van der Waals surface area contributed by atoms with Gasteiger partial charge in [0.1, 0.15) is 5.25 Å². The van der Waals surface area contributed by atoms with Crippen molar-refractivity contribution in [1.29, 1.82) is 0 Å². The Bertz CT molecular complexity index is 667. The number of hydrogen-bond acceptors (Lipinski definition) is 5. The van der Waals surface area contributed by atoms with Crippen molar-refractivity contribution in [2.24, 2.45) is 5.92 Å². The van der Waals surface area contributed by atoms with Crippen LogP contribution in [0.4, 0.5) is 0 Å². The maximum atomic E-state index is 13.0. The van der Waals surface area contributed by atoms with Gasteiger partial charge in [0.05, 0.1) is 0 Å². The van der Waals surface area contributed by atoms with E-state index in [9.17, 15) is 4.79 Å². The van der Waals surface area contributed by atoms with Crippen LogP contribution >= 0.6 is 11.8 Å². The van der Waals surface area contributed by atoms with E-state index < -0.39 is 0 Å². The van der Waals surface area contributed by atoms with Crippen molar-refractivity contribution in [1.82, 2.24) is 25.1 Å². The van der Waals surface area contributed by atoms with E-state index in [-0.39, 0.29) is 11.2 Å². The molecule has 1 atom stereocenters. The molecule has 128 valence electrons. The number of carbonyl (C=O) groups is 1. The molecule has 0 N–H and O–H groups in total. The number of benzene rings is 1. The van der Waals surface area contributed by atoms with Crippen LogP contribution in [-0.4, -0.2) is 44.1 Å². The lowest BCUT2D eigenvalue weighted by molar-refractivity contribution is -0.129. The fraction of sp³-hybridized carbons (Fsp3) is 0.529. The molecule has 3 rings (SSSR count). The zero-order valence-corrected chi connectivity index (χ0v) is 14.9. The molecule has 24 heavy (non-hydrogen) atoms. The van der Waals surface area contributed by atoms with Gasteiger partial charge in [0.15, 0.2) is 0 Å². The summed E-state index contributed by atoms with van der Waals surface area (Å²) in [7, 11) is 0. The second-order valence-electron chi connectivity index (χ2n) is 6.48. The van der Waals surface area contributed by atoms with E-state index in [2.05, 4.69) is 29.4 Å². The Kier molecular flexibility index (Phi) is 5.50. The van der Waals surface area contributed by atoms with Crippen LogP contribution in [0.15, 0.2) is 35.5 Å². The van der Waals surface area contributed by atoms with Gasteiger partial charge in [-0.15, -0.1) is 5.10 Å². The average Bonchev–Trinajstić information content (AvgIpc) is 3.24. The van der Waals surface area contributed by atoms with Crippen LogP contribution in [0.5, 0.6) is 0 Å². The largest absolute Gasteiger partial charge is 0.341 e. The number of amides is 1. The Morgan fingerprint density at radius 2 is 1.92 bits per heavy atom. The first-order valence-electron chi connectivity index (χ1n) is 8.41. The lowest BCUT2D eigenvalue weighted by Crippen LogP contribution is -2.31. The zero-order valence-electron chi connectivity index (χ0n) is 14.1. The molecule has 7 heteroatoms. The number of aromatic nitrogens is 4. The topological polar surface area (TPSA) is 63.9 Å². The second kappa shape index (κ2) is 7.79. The molecule has 0 radical (unpaired) electrons. The maximum Gasteiger partial charge on any atom is 0.240 e. The van der Waals surface area contributed by atoms with Crippen LogP contribution in [0.2, 0.25) is 0 Å². The molecule has 1 aliphatic rings. The van der Waals surface area contributed by atoms with Gasteiger partial charge in [-0.25, -0.2) is 4.68 Å². The summed E-state index contributed by atoms with van der Waals surface area (Å²) in [4.78, 5) is 15.0. The summed E-state index contributed by atoms with van der Waals surface area (Å²) in [5.74, 6) is 0.597. The molecule has 0 aliphatic carbocycles. The third kappa shape index (κ3) is 3.95. The van der Waals surface area contributed by atoms with Crippen LogP contribution in [0.1, 0.15) is 37.5 Å². The van der Waals surface area contributed by atoms with Crippen LogP contribution in [0, 0.1) is 5.92 Å². The Morgan fingerprint density at radius 1 is 1.21 bits per heavy atom. The lowest BCUT2D eigenvalue weighted by Gasteiger charge is -2.22. The fourth-order valence-corrected chi connectivity index (χ4v) is 3.91. The van der Waals surface area contributed by atoms with E-state index in [0.717, 1.165) is 38.0 Å². The highest BCUT2D eigenvalue weighted by Crippen LogP contribution is 2.36. The second-order valence-corrected chi connectivity index (χ2v) is 7.55. The minimum absolute atomic E-state index is 0.155. The van der Waals surface area contributed by atoms with Crippen molar-refractivity contribution in [3.63, 3.8) is 0 Å². The third-order valence-electron chi connectivity index (χ3n) is 4.00. The van der Waals surface area contributed by atoms with Crippen LogP contribution in [0.25, 0.3) is 0 Å². The predicted octanol–water partition coefficient (Wildman–Crippen LogP) is 2.78. The Hall–Kier alpha value is -1.89. The van der Waals surface area contributed by atoms with Crippen molar-refractivity contribution in [2.45, 2.75) is 43.6 Å². The van der Waals surface area contributed by atoms with Gasteiger partial charge in [-0.1, -0.05) is 55.9 Å². The van der Waals surface area contributed by atoms with Gasteiger partial charge in [-0.2, -0.15) is 0 Å². The number of likely N-dealkylation sites (tertiary alicyclic amines) is 1. The standard InChI is InChI=1S/C17H23N5OS/c1-13(2)12-22-17(18-19-20-22)24-15(14-8-4-3-5-9-14)16(23)21-10-6-7-11-21/h3-5,8-9,13,15H,6-7,10-12H2,1-2H3. The van der Waals surface area contributed by atoms with Crippen LogP contribution in [0.3, 0.4) is 0 Å². The molecule has 0 spiro atoms. The first kappa shape index (κ1) is 17.0. The summed E-state index contributed by atoms with van der Waals surface area (Å²) in [6.07, 6.45) is 2.17. The molecule has 1 aromatic heterocycles. The highest BCUT2D eigenvalue weighted by atomic mass is 32.2. The number of rotatable bonds is 6. The molecular weight excluding hydrogens is 322 g/mol. The van der Waals surface area contributed by atoms with Crippen molar-refractivity contribution in [3.05, 3.63) is 35.9 Å². The smallest absolute Gasteiger partial charge is 0.240 e. The van der Waals surface area contributed by atoms with Crippen LogP contribution in [-0.2, 0) is 11.3 Å². The number of carbonyl (C=O) groups excluding carboxylic acids is 1. The minimum Gasteiger partial charge on any atom is -0.341 e. The van der Waals surface area contributed by atoms with Gasteiger partial charge in [0.25, 0.3) is 0 Å². The molecule has 1 aromatic carbocycles. The molecular formula is C17H23N5OS. The summed E-state index contributed by atoms with van der Waals surface area (Å²) in [5, 5.41) is 12.4. The van der Waals surface area contributed by atoms with Gasteiger partial charge < -0.3 is 4.90 Å². The van der Waals surface area contributed by atoms with E-state index in [1.54, 1.807) is 4.68 Å². The van der Waals surface area contributed by atoms with E-state index in [1.807, 2.05) is 35.2 Å². The SMILES string of the molecule is CC(C)Cn1nnnc1SC(C(=O)N1CCCC1)c1ccccc1. The highest BCUT2D eigenvalue weighted by molar-refractivity contribution is 8.00. The summed E-state index contributed by atoms with van der Waals surface area (Å²) >= 11 is 1.45. The molecule has 1 saturated heterocycles. The van der Waals surface area contributed by atoms with Gasteiger partial charge >= 0.3 is 0 Å². The molecule has 1 fully saturated rings. The van der Waals surface area contributed by atoms with E-state index >= 15 is 0 Å².